The van der Waals surface area contributed by atoms with E-state index in [1.54, 1.807) is 11.9 Å². The van der Waals surface area contributed by atoms with E-state index in [1.807, 2.05) is 39.0 Å². The van der Waals surface area contributed by atoms with Gasteiger partial charge in [-0.2, -0.15) is 0 Å². The molecule has 0 spiro atoms. The Balaban J connectivity index is 3.08. The molecule has 3 nitrogen and oxygen atoms in total. The topological polar surface area (TPSA) is 46.3 Å². The highest BCUT2D eigenvalue weighted by atomic mass is 16.2. The Morgan fingerprint density at radius 1 is 1.44 bits per heavy atom. The predicted octanol–water partition coefficient (Wildman–Crippen LogP) is 1.79. The van der Waals surface area contributed by atoms with Gasteiger partial charge < -0.3 is 10.6 Å². The molecule has 1 aromatic rings. The average molecular weight is 244 g/mol. The summed E-state index contributed by atoms with van der Waals surface area (Å²) in [6.07, 6.45) is 0. The Morgan fingerprint density at radius 3 is 2.67 bits per heavy atom. The van der Waals surface area contributed by atoms with Crippen molar-refractivity contribution >= 4 is 5.91 Å². The Kier molecular flexibility index (Phi) is 4.94. The minimum atomic E-state index is 0.0146. The summed E-state index contributed by atoms with van der Waals surface area (Å²) in [5.41, 5.74) is 7.95. The number of hydrogen-bond acceptors (Lipinski definition) is 2. The Morgan fingerprint density at radius 2 is 2.11 bits per heavy atom. The normalized spacial score (nSPS) is 9.89. The molecule has 0 saturated heterocycles. The van der Waals surface area contributed by atoms with Crippen molar-refractivity contribution in [3.63, 3.8) is 0 Å². The molecule has 0 fully saturated rings. The lowest BCUT2D eigenvalue weighted by Crippen LogP contribution is -2.33. The maximum Gasteiger partial charge on any atom is 0.253 e. The molecule has 0 heterocycles. The Bertz CT molecular complexity index is 495. The quantitative estimate of drug-likeness (QED) is 0.806. The van der Waals surface area contributed by atoms with Crippen LogP contribution < -0.4 is 5.73 Å². The summed E-state index contributed by atoms with van der Waals surface area (Å²) in [5.74, 6) is 5.82. The molecule has 1 aromatic carbocycles. The van der Waals surface area contributed by atoms with Crippen molar-refractivity contribution < 1.29 is 4.79 Å². The van der Waals surface area contributed by atoms with Crippen LogP contribution in [0, 0.1) is 18.8 Å². The molecule has 96 valence electrons. The maximum absolute atomic E-state index is 12.2. The van der Waals surface area contributed by atoms with Crippen LogP contribution in [-0.2, 0) is 0 Å². The molecular weight excluding hydrogens is 224 g/mol. The van der Waals surface area contributed by atoms with Crippen molar-refractivity contribution in [2.75, 3.05) is 13.6 Å². The molecule has 0 radical (unpaired) electrons. The molecule has 0 aliphatic rings. The molecule has 0 atom stereocenters. The summed E-state index contributed by atoms with van der Waals surface area (Å²) < 4.78 is 0. The molecule has 0 unspecified atom stereocenters. The van der Waals surface area contributed by atoms with Gasteiger partial charge >= 0.3 is 0 Å². The van der Waals surface area contributed by atoms with E-state index < -0.39 is 0 Å². The zero-order chi connectivity index (χ0) is 13.7. The van der Waals surface area contributed by atoms with Gasteiger partial charge in [0.25, 0.3) is 5.91 Å². The SMILES string of the molecule is Cc1ccc(C(=O)N(C)C(C)C)cc1C#CCN. The molecule has 0 saturated carbocycles. The monoisotopic (exact) mass is 244 g/mol. The van der Waals surface area contributed by atoms with Crippen LogP contribution in [0.1, 0.15) is 35.3 Å². The van der Waals surface area contributed by atoms with Crippen molar-refractivity contribution in [3.8, 4) is 11.8 Å². The fourth-order valence-corrected chi connectivity index (χ4v) is 1.47. The van der Waals surface area contributed by atoms with Crippen molar-refractivity contribution in [2.24, 2.45) is 5.73 Å². The highest BCUT2D eigenvalue weighted by molar-refractivity contribution is 5.94. The van der Waals surface area contributed by atoms with Crippen LogP contribution in [0.25, 0.3) is 0 Å². The van der Waals surface area contributed by atoms with Gasteiger partial charge in [0, 0.05) is 24.2 Å². The summed E-state index contributed by atoms with van der Waals surface area (Å²) in [5, 5.41) is 0. The van der Waals surface area contributed by atoms with Crippen molar-refractivity contribution in [1.29, 1.82) is 0 Å². The van der Waals surface area contributed by atoms with Gasteiger partial charge in [0.05, 0.1) is 6.54 Å². The van der Waals surface area contributed by atoms with Crippen molar-refractivity contribution in [3.05, 3.63) is 34.9 Å². The Hall–Kier alpha value is -1.79. The average Bonchev–Trinajstić information content (AvgIpc) is 2.36. The van der Waals surface area contributed by atoms with E-state index in [0.717, 1.165) is 11.1 Å². The highest BCUT2D eigenvalue weighted by Gasteiger charge is 2.14. The minimum Gasteiger partial charge on any atom is -0.339 e. The van der Waals surface area contributed by atoms with Gasteiger partial charge in [-0.3, -0.25) is 4.79 Å². The third-order valence-corrected chi connectivity index (χ3v) is 2.90. The van der Waals surface area contributed by atoms with Crippen LogP contribution in [0.15, 0.2) is 18.2 Å². The number of rotatable bonds is 2. The van der Waals surface area contributed by atoms with Crippen LogP contribution in [0.2, 0.25) is 0 Å². The molecule has 1 amide bonds. The summed E-state index contributed by atoms with van der Waals surface area (Å²) in [4.78, 5) is 13.9. The van der Waals surface area contributed by atoms with E-state index >= 15 is 0 Å². The zero-order valence-corrected chi connectivity index (χ0v) is 11.4. The minimum absolute atomic E-state index is 0.0146. The lowest BCUT2D eigenvalue weighted by Gasteiger charge is -2.21. The smallest absolute Gasteiger partial charge is 0.253 e. The van der Waals surface area contributed by atoms with Gasteiger partial charge in [-0.05, 0) is 38.5 Å². The van der Waals surface area contributed by atoms with E-state index in [-0.39, 0.29) is 11.9 Å². The van der Waals surface area contributed by atoms with E-state index in [2.05, 4.69) is 11.8 Å². The van der Waals surface area contributed by atoms with E-state index in [1.165, 1.54) is 0 Å². The number of aryl methyl sites for hydroxylation is 1. The molecule has 0 aliphatic carbocycles. The molecule has 1 rings (SSSR count). The molecule has 0 bridgehead atoms. The van der Waals surface area contributed by atoms with Crippen LogP contribution >= 0.6 is 0 Å². The van der Waals surface area contributed by atoms with Gasteiger partial charge in [-0.25, -0.2) is 0 Å². The second-order valence-corrected chi connectivity index (χ2v) is 4.55. The molecule has 0 aliphatic heterocycles. The number of nitrogens with zero attached hydrogens (tertiary/aromatic N) is 1. The largest absolute Gasteiger partial charge is 0.339 e. The molecule has 2 N–H and O–H groups in total. The lowest BCUT2D eigenvalue weighted by molar-refractivity contribution is 0.0755. The number of amides is 1. The predicted molar refractivity (Wildman–Crippen MR) is 74.3 cm³/mol. The first-order valence-corrected chi connectivity index (χ1v) is 6.04. The molecule has 3 heteroatoms. The van der Waals surface area contributed by atoms with Gasteiger partial charge in [0.15, 0.2) is 0 Å². The third kappa shape index (κ3) is 3.35. The number of carbonyl (C=O) groups is 1. The first-order valence-electron chi connectivity index (χ1n) is 6.04. The summed E-state index contributed by atoms with van der Waals surface area (Å²) in [6.45, 7) is 6.27. The first kappa shape index (κ1) is 14.3. The number of hydrogen-bond donors (Lipinski definition) is 1. The second-order valence-electron chi connectivity index (χ2n) is 4.55. The van der Waals surface area contributed by atoms with E-state index in [0.29, 0.717) is 12.1 Å². The van der Waals surface area contributed by atoms with Crippen LogP contribution in [0.5, 0.6) is 0 Å². The Labute approximate surface area is 109 Å². The molecule has 0 aromatic heterocycles. The zero-order valence-electron chi connectivity index (χ0n) is 11.4. The second kappa shape index (κ2) is 6.23. The maximum atomic E-state index is 12.2. The standard InChI is InChI=1S/C15H20N2O/c1-11(2)17(4)15(18)14-8-7-12(3)13(10-14)6-5-9-16/h7-8,10-11H,9,16H2,1-4H3. The fraction of sp³-hybridized carbons (Fsp3) is 0.400. The van der Waals surface area contributed by atoms with Gasteiger partial charge in [-0.15, -0.1) is 0 Å². The number of nitrogens with two attached hydrogens (primary N) is 1. The lowest BCUT2D eigenvalue weighted by atomic mass is 10.0. The third-order valence-electron chi connectivity index (χ3n) is 2.90. The molecule has 18 heavy (non-hydrogen) atoms. The van der Waals surface area contributed by atoms with Gasteiger partial charge in [0.1, 0.15) is 0 Å². The molecular formula is C15H20N2O. The van der Waals surface area contributed by atoms with Gasteiger partial charge in [-0.1, -0.05) is 17.9 Å². The van der Waals surface area contributed by atoms with Gasteiger partial charge in [0.2, 0.25) is 0 Å². The van der Waals surface area contributed by atoms with Crippen LogP contribution in [0.3, 0.4) is 0 Å². The number of benzene rings is 1. The number of carbonyl (C=O) groups excluding carboxylic acids is 1. The summed E-state index contributed by atoms with van der Waals surface area (Å²) in [6, 6.07) is 5.77. The first-order chi connectivity index (χ1) is 8.47. The van der Waals surface area contributed by atoms with E-state index in [4.69, 9.17) is 5.73 Å². The van der Waals surface area contributed by atoms with Crippen LogP contribution in [-0.4, -0.2) is 30.4 Å². The van der Waals surface area contributed by atoms with E-state index in [9.17, 15) is 4.79 Å². The van der Waals surface area contributed by atoms with Crippen molar-refractivity contribution in [1.82, 2.24) is 4.90 Å². The van der Waals surface area contributed by atoms with Crippen LogP contribution in [0.4, 0.5) is 0 Å². The highest BCUT2D eigenvalue weighted by Crippen LogP contribution is 2.13. The fourth-order valence-electron chi connectivity index (χ4n) is 1.47. The summed E-state index contributed by atoms with van der Waals surface area (Å²) in [7, 11) is 1.80. The summed E-state index contributed by atoms with van der Waals surface area (Å²) >= 11 is 0. The van der Waals surface area contributed by atoms with Crippen molar-refractivity contribution in [2.45, 2.75) is 26.8 Å².